The van der Waals surface area contributed by atoms with E-state index in [1.807, 2.05) is 0 Å². The molecule has 0 bridgehead atoms. The second kappa shape index (κ2) is 9.69. The molecule has 1 aromatic carbocycles. The molecule has 0 atom stereocenters. The first-order chi connectivity index (χ1) is 18.0. The third-order valence-corrected chi connectivity index (χ3v) is 6.45. The van der Waals surface area contributed by atoms with Gasteiger partial charge in [-0.25, -0.2) is 19.9 Å². The number of aromatic nitrogens is 5. The zero-order valence-electron chi connectivity index (χ0n) is 19.7. The highest BCUT2D eigenvalue weighted by Crippen LogP contribution is 2.38. The van der Waals surface area contributed by atoms with Crippen LogP contribution in [0.25, 0.3) is 22.4 Å². The van der Waals surface area contributed by atoms with Gasteiger partial charge in [-0.1, -0.05) is 0 Å². The lowest BCUT2D eigenvalue weighted by Crippen LogP contribution is -2.40. The Morgan fingerprint density at radius 3 is 2.24 bits per heavy atom. The smallest absolute Gasteiger partial charge is 0.341 e. The van der Waals surface area contributed by atoms with E-state index in [0.29, 0.717) is 55.1 Å². The van der Waals surface area contributed by atoms with Gasteiger partial charge in [-0.15, -0.1) is 0 Å². The molecule has 1 saturated heterocycles. The fourth-order valence-corrected chi connectivity index (χ4v) is 4.48. The van der Waals surface area contributed by atoms with Crippen LogP contribution in [0, 0.1) is 0 Å². The summed E-state index contributed by atoms with van der Waals surface area (Å²) in [6.45, 7) is 0.874. The molecule has 1 fully saturated rings. The number of piperidine rings is 1. The maximum Gasteiger partial charge on any atom is 0.416 e. The highest BCUT2D eigenvalue weighted by molar-refractivity contribution is 5.79. The van der Waals surface area contributed by atoms with Crippen LogP contribution in [0.5, 0.6) is 0 Å². The molecule has 0 radical (unpaired) electrons. The van der Waals surface area contributed by atoms with E-state index in [4.69, 9.17) is 0 Å². The maximum absolute atomic E-state index is 13.3. The molecule has 0 N–H and O–H groups in total. The first-order valence-corrected chi connectivity index (χ1v) is 11.7. The second-order valence-corrected chi connectivity index (χ2v) is 8.97. The minimum absolute atomic E-state index is 0.0374. The summed E-state index contributed by atoms with van der Waals surface area (Å²) in [6.07, 6.45) is -4.43. The first kappa shape index (κ1) is 25.6. The molecule has 4 heterocycles. The van der Waals surface area contributed by atoms with Gasteiger partial charge in [0.1, 0.15) is 17.9 Å². The first-order valence-electron chi connectivity index (χ1n) is 11.7. The van der Waals surface area contributed by atoms with Crippen molar-refractivity contribution in [1.29, 1.82) is 0 Å². The third-order valence-electron chi connectivity index (χ3n) is 6.45. The third kappa shape index (κ3) is 5.31. The Morgan fingerprint density at radius 2 is 1.58 bits per heavy atom. The van der Waals surface area contributed by atoms with E-state index in [2.05, 4.69) is 19.9 Å². The molecule has 4 aromatic rings. The fraction of sp³-hybridized carbons (Fsp3) is 0.320. The van der Waals surface area contributed by atoms with E-state index >= 15 is 0 Å². The number of halogens is 6. The number of likely N-dealkylation sites (tertiary alicyclic amines) is 1. The van der Waals surface area contributed by atoms with Crippen molar-refractivity contribution in [1.82, 2.24) is 29.4 Å². The van der Waals surface area contributed by atoms with Crippen molar-refractivity contribution in [3.8, 4) is 11.3 Å². The van der Waals surface area contributed by atoms with Crippen LogP contribution in [0.1, 0.15) is 35.7 Å². The van der Waals surface area contributed by atoms with E-state index in [1.54, 1.807) is 34.1 Å². The maximum atomic E-state index is 13.3. The van der Waals surface area contributed by atoms with Crippen molar-refractivity contribution in [3.05, 3.63) is 72.1 Å². The highest BCUT2D eigenvalue weighted by atomic mass is 19.4. The Balaban J connectivity index is 1.30. The summed E-state index contributed by atoms with van der Waals surface area (Å²) in [5.41, 5.74) is -1.87. The molecule has 0 aliphatic carbocycles. The molecular weight excluding hydrogens is 514 g/mol. The molecule has 13 heteroatoms. The SMILES string of the molecule is O=C(Cn1cnc2cccnc21)N1CCC(c2nccc(-c3cc(C(F)(F)F)cc(C(F)(F)F)c3)n2)CC1. The van der Waals surface area contributed by atoms with Crippen molar-refractivity contribution in [2.75, 3.05) is 13.1 Å². The zero-order chi connectivity index (χ0) is 27.1. The number of alkyl halides is 6. The highest BCUT2D eigenvalue weighted by Gasteiger charge is 2.37. The van der Waals surface area contributed by atoms with E-state index in [0.717, 1.165) is 0 Å². The topological polar surface area (TPSA) is 76.8 Å². The summed E-state index contributed by atoms with van der Waals surface area (Å²) < 4.78 is 81.3. The lowest BCUT2D eigenvalue weighted by atomic mass is 9.95. The molecule has 1 aliphatic rings. The van der Waals surface area contributed by atoms with Crippen LogP contribution in [0.4, 0.5) is 26.3 Å². The van der Waals surface area contributed by atoms with Gasteiger partial charge in [0.25, 0.3) is 0 Å². The summed E-state index contributed by atoms with van der Waals surface area (Å²) in [5, 5.41) is 0. The van der Waals surface area contributed by atoms with Crippen molar-refractivity contribution in [3.63, 3.8) is 0 Å². The molecule has 3 aromatic heterocycles. The molecule has 198 valence electrons. The average molecular weight is 534 g/mol. The lowest BCUT2D eigenvalue weighted by Gasteiger charge is -2.31. The van der Waals surface area contributed by atoms with Crippen molar-refractivity contribution < 1.29 is 31.1 Å². The Bertz CT molecular complexity index is 1440. The van der Waals surface area contributed by atoms with Crippen LogP contribution in [0.15, 0.2) is 55.1 Å². The number of hydrogen-bond donors (Lipinski definition) is 0. The van der Waals surface area contributed by atoms with E-state index in [1.165, 1.54) is 12.3 Å². The van der Waals surface area contributed by atoms with Crippen molar-refractivity contribution in [2.45, 2.75) is 37.7 Å². The zero-order valence-corrected chi connectivity index (χ0v) is 19.7. The quantitative estimate of drug-likeness (QED) is 0.331. The number of benzene rings is 1. The summed E-state index contributed by atoms with van der Waals surface area (Å²) in [4.78, 5) is 31.5. The number of fused-ring (bicyclic) bond motifs is 1. The van der Waals surface area contributed by atoms with Crippen LogP contribution in [0.3, 0.4) is 0 Å². The number of amides is 1. The second-order valence-electron chi connectivity index (χ2n) is 8.97. The summed E-state index contributed by atoms with van der Waals surface area (Å²) in [5.74, 6) is -0.0142. The van der Waals surface area contributed by atoms with E-state index in [9.17, 15) is 31.1 Å². The molecule has 1 aliphatic heterocycles. The van der Waals surface area contributed by atoms with Gasteiger partial charge in [0.05, 0.1) is 23.1 Å². The van der Waals surface area contributed by atoms with Crippen LogP contribution < -0.4 is 0 Å². The molecule has 38 heavy (non-hydrogen) atoms. The van der Waals surface area contributed by atoms with Gasteiger partial charge in [-0.2, -0.15) is 26.3 Å². The number of hydrogen-bond acceptors (Lipinski definition) is 5. The number of nitrogens with zero attached hydrogens (tertiary/aromatic N) is 6. The molecule has 1 amide bonds. The summed E-state index contributed by atoms with van der Waals surface area (Å²) >= 11 is 0. The number of pyridine rings is 1. The standard InChI is InChI=1S/C25H20F6N6O/c26-24(27,28)17-10-16(11-18(12-17)25(29,30)31)19-3-7-32-22(35-19)15-4-8-36(9-5-15)21(38)13-37-14-34-20-2-1-6-33-23(20)37/h1-3,6-7,10-12,14-15H,4-5,8-9,13H2. The van der Waals surface area contributed by atoms with Crippen LogP contribution in [-0.4, -0.2) is 48.4 Å². The van der Waals surface area contributed by atoms with Crippen LogP contribution in [-0.2, 0) is 23.7 Å². The molecular formula is C25H20F6N6O. The van der Waals surface area contributed by atoms with E-state index < -0.39 is 23.5 Å². The summed E-state index contributed by atoms with van der Waals surface area (Å²) in [7, 11) is 0. The van der Waals surface area contributed by atoms with Gasteiger partial charge in [0, 0.05) is 37.0 Å². The molecule has 7 nitrogen and oxygen atoms in total. The van der Waals surface area contributed by atoms with Crippen molar-refractivity contribution in [2.24, 2.45) is 0 Å². The van der Waals surface area contributed by atoms with Crippen LogP contribution >= 0.6 is 0 Å². The van der Waals surface area contributed by atoms with Gasteiger partial charge in [-0.3, -0.25) is 4.79 Å². The molecule has 0 spiro atoms. The average Bonchev–Trinajstić information content (AvgIpc) is 3.30. The number of carbonyl (C=O) groups is 1. The number of imidazole rings is 1. The Hall–Kier alpha value is -4.03. The lowest BCUT2D eigenvalue weighted by molar-refractivity contribution is -0.143. The van der Waals surface area contributed by atoms with Gasteiger partial charge < -0.3 is 9.47 Å². The van der Waals surface area contributed by atoms with Gasteiger partial charge in [0.2, 0.25) is 5.91 Å². The fourth-order valence-electron chi connectivity index (χ4n) is 4.48. The molecule has 0 saturated carbocycles. The van der Waals surface area contributed by atoms with Gasteiger partial charge in [0.15, 0.2) is 5.65 Å². The Labute approximate surface area is 212 Å². The summed E-state index contributed by atoms with van der Waals surface area (Å²) in [6, 6.07) is 6.22. The predicted molar refractivity (Wildman–Crippen MR) is 124 cm³/mol. The molecule has 0 unspecified atom stereocenters. The minimum atomic E-state index is -4.95. The largest absolute Gasteiger partial charge is 0.416 e. The van der Waals surface area contributed by atoms with Gasteiger partial charge in [-0.05, 0) is 49.2 Å². The van der Waals surface area contributed by atoms with E-state index in [-0.39, 0.29) is 35.7 Å². The van der Waals surface area contributed by atoms with Crippen LogP contribution in [0.2, 0.25) is 0 Å². The van der Waals surface area contributed by atoms with Gasteiger partial charge >= 0.3 is 12.4 Å². The predicted octanol–water partition coefficient (Wildman–Crippen LogP) is 5.33. The number of rotatable bonds is 4. The van der Waals surface area contributed by atoms with Crippen molar-refractivity contribution >= 4 is 17.1 Å². The Morgan fingerprint density at radius 1 is 0.895 bits per heavy atom. The Kier molecular flexibility index (Phi) is 6.53. The monoisotopic (exact) mass is 534 g/mol. The minimum Gasteiger partial charge on any atom is -0.341 e. The number of carbonyl (C=O) groups excluding carboxylic acids is 1. The molecule has 5 rings (SSSR count). The normalized spacial score (nSPS) is 15.3.